The number of rotatable bonds is 3. The van der Waals surface area contributed by atoms with Crippen molar-refractivity contribution in [2.75, 3.05) is 36.0 Å². The van der Waals surface area contributed by atoms with Gasteiger partial charge in [0.15, 0.2) is 0 Å². The van der Waals surface area contributed by atoms with Gasteiger partial charge < -0.3 is 14.8 Å². The first kappa shape index (κ1) is 18.4. The van der Waals surface area contributed by atoms with E-state index in [0.29, 0.717) is 11.5 Å². The Morgan fingerprint density at radius 3 is 2.30 bits per heavy atom. The van der Waals surface area contributed by atoms with E-state index in [4.69, 9.17) is 15.2 Å². The number of nitriles is 1. The van der Waals surface area contributed by atoms with Gasteiger partial charge in [-0.15, -0.1) is 0 Å². The van der Waals surface area contributed by atoms with Crippen molar-refractivity contribution in [3.05, 3.63) is 52.9 Å². The Morgan fingerprint density at radius 1 is 1.00 bits per heavy atom. The highest BCUT2D eigenvalue weighted by Crippen LogP contribution is 2.20. The van der Waals surface area contributed by atoms with Crippen LogP contribution >= 0.6 is 0 Å². The highest BCUT2D eigenvalue weighted by atomic mass is 15.3. The minimum atomic E-state index is 0.535. The largest absolute Gasteiger partial charge is 0.353 e. The molecule has 1 saturated heterocycles. The zero-order valence-corrected chi connectivity index (χ0v) is 16.9. The van der Waals surface area contributed by atoms with Gasteiger partial charge in [-0.2, -0.15) is 5.26 Å². The summed E-state index contributed by atoms with van der Waals surface area (Å²) in [5.41, 5.74) is 1.59. The predicted molar refractivity (Wildman–Crippen MR) is 117 cm³/mol. The van der Waals surface area contributed by atoms with Crippen LogP contribution in [0.3, 0.4) is 0 Å². The van der Waals surface area contributed by atoms with Crippen molar-refractivity contribution in [3.63, 3.8) is 0 Å². The second-order valence-corrected chi connectivity index (χ2v) is 7.86. The van der Waals surface area contributed by atoms with Gasteiger partial charge in [-0.25, -0.2) is 15.0 Å². The van der Waals surface area contributed by atoms with E-state index in [-0.39, 0.29) is 0 Å². The zero-order chi connectivity index (χ0) is 20.5. The van der Waals surface area contributed by atoms with E-state index < -0.39 is 0 Å². The predicted octanol–water partition coefficient (Wildman–Crippen LogP) is 1.67. The van der Waals surface area contributed by atoms with Crippen LogP contribution in [0.5, 0.6) is 0 Å². The summed E-state index contributed by atoms with van der Waals surface area (Å²) in [6, 6.07) is 10.0. The number of hydrogen-bond donors (Lipinski definition) is 1. The molecule has 2 aliphatic rings. The molecule has 3 aromatic rings. The molecule has 0 spiro atoms. The fraction of sp³-hybridized carbons (Fsp3) is 0.304. The minimum absolute atomic E-state index is 0.535. The number of imidazole rings is 1. The number of piperazine rings is 1. The van der Waals surface area contributed by atoms with Crippen molar-refractivity contribution in [2.24, 2.45) is 5.92 Å². The summed E-state index contributed by atoms with van der Waals surface area (Å²) in [5, 5.41) is 11.1. The maximum Gasteiger partial charge on any atom is 0.140 e. The molecule has 0 saturated carbocycles. The lowest BCUT2D eigenvalue weighted by atomic mass is 10.0. The molecule has 7 heteroatoms. The van der Waals surface area contributed by atoms with Crippen molar-refractivity contribution < 1.29 is 0 Å². The van der Waals surface area contributed by atoms with Crippen molar-refractivity contribution in [1.82, 2.24) is 19.9 Å². The fourth-order valence-electron chi connectivity index (χ4n) is 3.98. The van der Waals surface area contributed by atoms with Crippen LogP contribution in [-0.2, 0) is 0 Å². The average Bonchev–Trinajstić information content (AvgIpc) is 3.23. The maximum absolute atomic E-state index is 8.92. The molecule has 150 valence electrons. The van der Waals surface area contributed by atoms with E-state index in [2.05, 4.69) is 57.0 Å². The van der Waals surface area contributed by atoms with E-state index >= 15 is 0 Å². The number of aromatic amines is 1. The number of nitrogens with one attached hydrogen (secondary N) is 1. The second-order valence-electron chi connectivity index (χ2n) is 7.86. The monoisotopic (exact) mass is 397 g/mol. The van der Waals surface area contributed by atoms with E-state index in [0.717, 1.165) is 66.3 Å². The quantitative estimate of drug-likeness (QED) is 0.724. The molecular formula is C23H23N7. The fourth-order valence-corrected chi connectivity index (χ4v) is 3.98. The number of pyridine rings is 2. The number of fused-ring (bicyclic) bond motifs is 1. The lowest BCUT2D eigenvalue weighted by Crippen LogP contribution is -2.47. The first-order chi connectivity index (χ1) is 14.7. The number of anilines is 2. The molecule has 5 rings (SSSR count). The van der Waals surface area contributed by atoms with Crippen molar-refractivity contribution in [3.8, 4) is 17.5 Å². The molecule has 0 bridgehead atoms. The topological polar surface area (TPSA) is 84.7 Å². The van der Waals surface area contributed by atoms with E-state index in [9.17, 15) is 0 Å². The Labute approximate surface area is 175 Å². The molecule has 1 unspecified atom stereocenters. The summed E-state index contributed by atoms with van der Waals surface area (Å²) in [6.07, 6.45) is 9.03. The van der Waals surface area contributed by atoms with Gasteiger partial charge in [0.2, 0.25) is 0 Å². The molecule has 4 heterocycles. The highest BCUT2D eigenvalue weighted by Gasteiger charge is 2.19. The van der Waals surface area contributed by atoms with Gasteiger partial charge in [0.25, 0.3) is 0 Å². The molecule has 7 nitrogen and oxygen atoms in total. The Balaban J connectivity index is 1.27. The third-order valence-corrected chi connectivity index (χ3v) is 5.72. The molecule has 0 radical (unpaired) electrons. The molecule has 0 amide bonds. The smallest absolute Gasteiger partial charge is 0.140 e. The molecule has 0 aromatic carbocycles. The normalized spacial score (nSPS) is 18.2. The van der Waals surface area contributed by atoms with Crippen LogP contribution in [0.25, 0.3) is 23.5 Å². The van der Waals surface area contributed by atoms with Crippen LogP contribution in [-0.4, -0.2) is 46.1 Å². The maximum atomic E-state index is 8.92. The van der Waals surface area contributed by atoms with E-state index in [1.165, 1.54) is 0 Å². The van der Waals surface area contributed by atoms with Gasteiger partial charge in [0, 0.05) is 44.1 Å². The van der Waals surface area contributed by atoms with E-state index in [1.807, 2.05) is 18.3 Å². The van der Waals surface area contributed by atoms with Gasteiger partial charge in [-0.1, -0.05) is 19.1 Å². The van der Waals surface area contributed by atoms with Crippen LogP contribution < -0.4 is 20.5 Å². The van der Waals surface area contributed by atoms with Crippen LogP contribution in [0, 0.1) is 17.2 Å². The number of aromatic nitrogens is 4. The molecule has 30 heavy (non-hydrogen) atoms. The minimum Gasteiger partial charge on any atom is -0.353 e. The van der Waals surface area contributed by atoms with Crippen LogP contribution in [0.4, 0.5) is 11.6 Å². The third kappa shape index (κ3) is 3.52. The van der Waals surface area contributed by atoms with Gasteiger partial charge >= 0.3 is 0 Å². The van der Waals surface area contributed by atoms with Crippen LogP contribution in [0.15, 0.2) is 36.7 Å². The first-order valence-corrected chi connectivity index (χ1v) is 10.3. The third-order valence-electron chi connectivity index (χ3n) is 5.72. The molecule has 1 fully saturated rings. The molecule has 1 N–H and O–H groups in total. The van der Waals surface area contributed by atoms with Crippen molar-refractivity contribution >= 4 is 23.8 Å². The molecule has 3 aromatic heterocycles. The highest BCUT2D eigenvalue weighted by molar-refractivity contribution is 5.58. The van der Waals surface area contributed by atoms with E-state index in [1.54, 1.807) is 6.20 Å². The lowest BCUT2D eigenvalue weighted by Gasteiger charge is -2.36. The van der Waals surface area contributed by atoms with Crippen LogP contribution in [0.2, 0.25) is 0 Å². The summed E-state index contributed by atoms with van der Waals surface area (Å²) in [4.78, 5) is 21.8. The first-order valence-electron chi connectivity index (χ1n) is 10.3. The Kier molecular flexibility index (Phi) is 4.68. The molecule has 1 atom stereocenters. The molecule has 1 aliphatic heterocycles. The molecule has 1 aliphatic carbocycles. The zero-order valence-electron chi connectivity index (χ0n) is 16.9. The summed E-state index contributed by atoms with van der Waals surface area (Å²) in [5.74, 6) is 3.31. The summed E-state index contributed by atoms with van der Waals surface area (Å²) >= 11 is 0. The number of hydrogen-bond acceptors (Lipinski definition) is 6. The number of nitrogens with zero attached hydrogens (tertiary/aromatic N) is 6. The standard InChI is InChI=1S/C23H23N7/c1-16-2-5-19-20(12-16)28-23(27-19)18-4-7-22(26-15-18)30-10-8-29(9-11-30)21-6-3-17(13-24)14-25-21/h3-7,12,14-16H,2,8-11H2,1H3,(H,27,28). The second kappa shape index (κ2) is 7.64. The Bertz CT molecular complexity index is 1190. The number of H-pyrrole nitrogens is 1. The Morgan fingerprint density at radius 2 is 1.70 bits per heavy atom. The van der Waals surface area contributed by atoms with Crippen molar-refractivity contribution in [2.45, 2.75) is 13.3 Å². The van der Waals surface area contributed by atoms with Gasteiger partial charge in [0.1, 0.15) is 23.5 Å². The van der Waals surface area contributed by atoms with Crippen molar-refractivity contribution in [1.29, 1.82) is 5.26 Å². The lowest BCUT2D eigenvalue weighted by molar-refractivity contribution is 0.642. The van der Waals surface area contributed by atoms with Gasteiger partial charge in [0.05, 0.1) is 16.3 Å². The van der Waals surface area contributed by atoms with Gasteiger partial charge in [-0.3, -0.25) is 0 Å². The van der Waals surface area contributed by atoms with Crippen LogP contribution in [0.1, 0.15) is 18.9 Å². The SMILES string of the molecule is CC1C=c2nc(-c3ccc(N4CCN(c5ccc(C#N)cn5)CC4)nc3)[nH]c2=CC1. The average molecular weight is 397 g/mol. The Hall–Kier alpha value is -3.66. The summed E-state index contributed by atoms with van der Waals surface area (Å²) in [7, 11) is 0. The summed E-state index contributed by atoms with van der Waals surface area (Å²) < 4.78 is 0. The van der Waals surface area contributed by atoms with Gasteiger partial charge in [-0.05, 0) is 36.6 Å². The molecular weight excluding hydrogens is 374 g/mol. The summed E-state index contributed by atoms with van der Waals surface area (Å²) in [6.45, 7) is 5.71.